The maximum atomic E-state index is 12.9. The molecule has 0 fully saturated rings. The van der Waals surface area contributed by atoms with Crippen molar-refractivity contribution in [3.05, 3.63) is 66.2 Å². The number of nitrogens with one attached hydrogen (secondary N) is 1. The van der Waals surface area contributed by atoms with Gasteiger partial charge in [-0.15, -0.1) is 11.3 Å². The number of rotatable bonds is 6. The van der Waals surface area contributed by atoms with Gasteiger partial charge in [0.2, 0.25) is 0 Å². The zero-order valence-electron chi connectivity index (χ0n) is 16.8. The fraction of sp³-hybridized carbons (Fsp3) is 0.130. The van der Waals surface area contributed by atoms with Gasteiger partial charge in [-0.05, 0) is 48.5 Å². The fourth-order valence-corrected chi connectivity index (χ4v) is 4.07. The predicted octanol–water partition coefficient (Wildman–Crippen LogP) is 5.24. The van der Waals surface area contributed by atoms with Gasteiger partial charge in [0.25, 0.3) is 5.91 Å². The Balaban J connectivity index is 1.66. The van der Waals surface area contributed by atoms with E-state index >= 15 is 0 Å². The lowest BCUT2D eigenvalue weighted by molar-refractivity contribution is 0.102. The molecule has 1 N–H and O–H groups in total. The van der Waals surface area contributed by atoms with E-state index in [1.807, 2.05) is 42.5 Å². The van der Waals surface area contributed by atoms with Crippen LogP contribution in [0.3, 0.4) is 0 Å². The maximum Gasteiger partial charge on any atom is 0.255 e. The van der Waals surface area contributed by atoms with Crippen molar-refractivity contribution in [2.24, 2.45) is 0 Å². The fourth-order valence-electron chi connectivity index (χ4n) is 3.11. The molecule has 6 nitrogen and oxygen atoms in total. The van der Waals surface area contributed by atoms with E-state index in [1.165, 1.54) is 7.11 Å². The van der Waals surface area contributed by atoms with Gasteiger partial charge in [-0.1, -0.05) is 12.1 Å². The molecule has 0 bridgehead atoms. The molecule has 4 aromatic rings. The molecule has 0 saturated carbocycles. The van der Waals surface area contributed by atoms with E-state index in [-0.39, 0.29) is 5.91 Å². The number of fused-ring (bicyclic) bond motifs is 1. The Morgan fingerprint density at radius 3 is 2.33 bits per heavy atom. The third kappa shape index (κ3) is 3.79. The molecule has 0 radical (unpaired) electrons. The molecule has 0 aliphatic heterocycles. The molecule has 1 aromatic heterocycles. The number of hydrogen-bond donors (Lipinski definition) is 1. The lowest BCUT2D eigenvalue weighted by Crippen LogP contribution is -2.13. The third-order valence-electron chi connectivity index (χ3n) is 4.63. The van der Waals surface area contributed by atoms with E-state index < -0.39 is 0 Å². The lowest BCUT2D eigenvalue weighted by Gasteiger charge is -2.13. The normalized spacial score (nSPS) is 10.6. The first kappa shape index (κ1) is 19.7. The van der Waals surface area contributed by atoms with Crippen molar-refractivity contribution in [1.29, 1.82) is 0 Å². The van der Waals surface area contributed by atoms with Crippen LogP contribution in [0.2, 0.25) is 0 Å². The SMILES string of the molecule is COc1ccc(-c2nc3ccccc3s2)cc1NC(=O)c1ccc(OC)c(OC)c1. The number of amides is 1. The quantitative estimate of drug-likeness (QED) is 0.462. The molecule has 3 aromatic carbocycles. The van der Waals surface area contributed by atoms with Crippen LogP contribution in [-0.2, 0) is 0 Å². The largest absolute Gasteiger partial charge is 0.495 e. The van der Waals surface area contributed by atoms with E-state index in [0.29, 0.717) is 28.5 Å². The molecule has 0 unspecified atom stereocenters. The summed E-state index contributed by atoms with van der Waals surface area (Å²) in [6.45, 7) is 0. The van der Waals surface area contributed by atoms with Crippen LogP contribution in [0, 0.1) is 0 Å². The summed E-state index contributed by atoms with van der Waals surface area (Å²) in [5.41, 5.74) is 2.86. The Labute approximate surface area is 178 Å². The number of anilines is 1. The number of ether oxygens (including phenoxy) is 3. The van der Waals surface area contributed by atoms with Crippen molar-refractivity contribution in [1.82, 2.24) is 4.98 Å². The van der Waals surface area contributed by atoms with Crippen molar-refractivity contribution < 1.29 is 19.0 Å². The second-order valence-electron chi connectivity index (χ2n) is 6.43. The second-order valence-corrected chi connectivity index (χ2v) is 7.46. The highest BCUT2D eigenvalue weighted by atomic mass is 32.1. The van der Waals surface area contributed by atoms with Crippen molar-refractivity contribution in [3.8, 4) is 27.8 Å². The Morgan fingerprint density at radius 2 is 1.60 bits per heavy atom. The molecule has 30 heavy (non-hydrogen) atoms. The molecule has 152 valence electrons. The Morgan fingerprint density at radius 1 is 0.867 bits per heavy atom. The molecule has 0 spiro atoms. The van der Waals surface area contributed by atoms with Crippen LogP contribution in [0.4, 0.5) is 5.69 Å². The zero-order valence-corrected chi connectivity index (χ0v) is 17.6. The van der Waals surface area contributed by atoms with Crippen molar-refractivity contribution in [2.45, 2.75) is 0 Å². The minimum atomic E-state index is -0.282. The third-order valence-corrected chi connectivity index (χ3v) is 5.72. The Hall–Kier alpha value is -3.58. The van der Waals surface area contributed by atoms with E-state index in [0.717, 1.165) is 20.8 Å². The van der Waals surface area contributed by atoms with Gasteiger partial charge in [0, 0.05) is 11.1 Å². The Bertz CT molecular complexity index is 1190. The summed E-state index contributed by atoms with van der Waals surface area (Å²) in [6.07, 6.45) is 0. The summed E-state index contributed by atoms with van der Waals surface area (Å²) in [4.78, 5) is 17.6. The molecule has 0 atom stereocenters. The summed E-state index contributed by atoms with van der Waals surface area (Å²) in [5.74, 6) is 1.33. The minimum Gasteiger partial charge on any atom is -0.495 e. The average molecular weight is 420 g/mol. The average Bonchev–Trinajstić information content (AvgIpc) is 3.22. The monoisotopic (exact) mass is 420 g/mol. The van der Waals surface area contributed by atoms with Crippen molar-refractivity contribution >= 4 is 33.1 Å². The number of aromatic nitrogens is 1. The predicted molar refractivity (Wildman–Crippen MR) is 119 cm³/mol. The van der Waals surface area contributed by atoms with Crippen LogP contribution in [0.5, 0.6) is 17.2 Å². The molecule has 4 rings (SSSR count). The lowest BCUT2D eigenvalue weighted by atomic mass is 10.1. The number of methoxy groups -OCH3 is 3. The number of hydrogen-bond acceptors (Lipinski definition) is 6. The Kier molecular flexibility index (Phi) is 5.54. The molecule has 0 saturated heterocycles. The molecular weight excluding hydrogens is 400 g/mol. The molecule has 0 aliphatic carbocycles. The molecule has 0 aliphatic rings. The van der Waals surface area contributed by atoms with Crippen LogP contribution in [0.15, 0.2) is 60.7 Å². The van der Waals surface area contributed by atoms with Crippen LogP contribution >= 0.6 is 11.3 Å². The second kappa shape index (κ2) is 8.42. The van der Waals surface area contributed by atoms with E-state index in [9.17, 15) is 4.79 Å². The van der Waals surface area contributed by atoms with Crippen LogP contribution < -0.4 is 19.5 Å². The van der Waals surface area contributed by atoms with Crippen molar-refractivity contribution in [2.75, 3.05) is 26.6 Å². The highest BCUT2D eigenvalue weighted by molar-refractivity contribution is 7.21. The van der Waals surface area contributed by atoms with Gasteiger partial charge < -0.3 is 19.5 Å². The van der Waals surface area contributed by atoms with Crippen molar-refractivity contribution in [3.63, 3.8) is 0 Å². The van der Waals surface area contributed by atoms with Gasteiger partial charge in [-0.25, -0.2) is 4.98 Å². The highest BCUT2D eigenvalue weighted by Crippen LogP contribution is 2.35. The maximum absolute atomic E-state index is 12.9. The van der Waals surface area contributed by atoms with Crippen LogP contribution in [0.25, 0.3) is 20.8 Å². The summed E-state index contributed by atoms with van der Waals surface area (Å²) >= 11 is 1.60. The molecule has 1 heterocycles. The van der Waals surface area contributed by atoms with Gasteiger partial charge in [0.15, 0.2) is 11.5 Å². The van der Waals surface area contributed by atoms with E-state index in [2.05, 4.69) is 5.32 Å². The summed E-state index contributed by atoms with van der Waals surface area (Å²) in [7, 11) is 4.65. The highest BCUT2D eigenvalue weighted by Gasteiger charge is 2.15. The van der Waals surface area contributed by atoms with Crippen LogP contribution in [0.1, 0.15) is 10.4 Å². The number of benzene rings is 3. The number of carbonyl (C=O) groups is 1. The topological polar surface area (TPSA) is 69.7 Å². The van der Waals surface area contributed by atoms with E-state index in [4.69, 9.17) is 19.2 Å². The van der Waals surface area contributed by atoms with Gasteiger partial charge in [-0.3, -0.25) is 4.79 Å². The van der Waals surface area contributed by atoms with Crippen LogP contribution in [-0.4, -0.2) is 32.2 Å². The number of para-hydroxylation sites is 1. The van der Waals surface area contributed by atoms with Gasteiger partial charge in [0.1, 0.15) is 10.8 Å². The zero-order chi connectivity index (χ0) is 21.1. The minimum absolute atomic E-state index is 0.282. The summed E-state index contributed by atoms with van der Waals surface area (Å²) in [5, 5.41) is 3.80. The first-order valence-electron chi connectivity index (χ1n) is 9.20. The first-order valence-corrected chi connectivity index (χ1v) is 10.0. The summed E-state index contributed by atoms with van der Waals surface area (Å²) < 4.78 is 17.1. The number of carbonyl (C=O) groups excluding carboxylic acids is 1. The molecule has 1 amide bonds. The number of thiazole rings is 1. The summed E-state index contributed by atoms with van der Waals surface area (Å²) in [6, 6.07) is 18.6. The van der Waals surface area contributed by atoms with E-state index in [1.54, 1.807) is 43.8 Å². The number of nitrogens with zero attached hydrogens (tertiary/aromatic N) is 1. The van der Waals surface area contributed by atoms with Gasteiger partial charge in [0.05, 0.1) is 37.2 Å². The molecule has 7 heteroatoms. The van der Waals surface area contributed by atoms with Gasteiger partial charge in [-0.2, -0.15) is 0 Å². The standard InChI is InChI=1S/C23H20N2O4S/c1-27-18-10-9-15(23-25-16-6-4-5-7-21(16)30-23)12-17(18)24-22(26)14-8-11-19(28-2)20(13-14)29-3/h4-13H,1-3H3,(H,24,26). The smallest absolute Gasteiger partial charge is 0.255 e. The van der Waals surface area contributed by atoms with Gasteiger partial charge >= 0.3 is 0 Å². The molecular formula is C23H20N2O4S. The first-order chi connectivity index (χ1) is 14.6.